The van der Waals surface area contributed by atoms with Gasteiger partial charge in [-0.25, -0.2) is 16.8 Å². The highest BCUT2D eigenvalue weighted by Crippen LogP contribution is 2.59. The molecule has 4 bridgehead atoms. The fraction of sp³-hybridized carbons (Fsp3) is 0.368. The molecular weight excluding hydrogens is 1560 g/mol. The zero-order valence-corrected chi connectivity index (χ0v) is 62.8. The first kappa shape index (κ1) is 87.0. The number of halogens is 11. The van der Waals surface area contributed by atoms with E-state index in [2.05, 4.69) is 254 Å². The van der Waals surface area contributed by atoms with Crippen molar-refractivity contribution in [3.05, 3.63) is 218 Å². The van der Waals surface area contributed by atoms with E-state index < -0.39 is 141 Å². The molecule has 4 aliphatic carbocycles. The van der Waals surface area contributed by atoms with Gasteiger partial charge in [0.1, 0.15) is 18.8 Å². The van der Waals surface area contributed by atoms with Crippen molar-refractivity contribution >= 4 is 77.7 Å². The molecule has 4 saturated carbocycles. The second-order valence-electron chi connectivity index (χ2n) is 27.2. The van der Waals surface area contributed by atoms with Crippen LogP contribution in [0.15, 0.2) is 242 Å². The Kier molecular flexibility index (Phi) is 29.0. The number of benzene rings is 7. The van der Waals surface area contributed by atoms with Crippen LogP contribution in [0.5, 0.6) is 0 Å². The van der Waals surface area contributed by atoms with Gasteiger partial charge in [0.05, 0.1) is 79.4 Å². The van der Waals surface area contributed by atoms with E-state index in [4.69, 9.17) is 9.47 Å². The Morgan fingerprint density at radius 1 is 0.455 bits per heavy atom. The number of rotatable bonds is 22. The predicted octanol–water partition coefficient (Wildman–Crippen LogP) is 9.07. The molecule has 2 heterocycles. The van der Waals surface area contributed by atoms with Gasteiger partial charge in [-0.3, -0.25) is 28.8 Å². The van der Waals surface area contributed by atoms with Gasteiger partial charge in [-0.1, -0.05) is 140 Å². The summed E-state index contributed by atoms with van der Waals surface area (Å²) in [6.07, 6.45) is -21.3. The van der Waals surface area contributed by atoms with Gasteiger partial charge >= 0.3 is 46.7 Å². The third-order valence-electron chi connectivity index (χ3n) is 18.6. The topological polar surface area (TPSA) is 278 Å². The zero-order valence-electron chi connectivity index (χ0n) is 58.8. The first-order valence-corrected chi connectivity index (χ1v) is 39.3. The monoisotopic (exact) mass is 1640 g/mol. The Morgan fingerprint density at radius 2 is 0.709 bits per heavy atom. The van der Waals surface area contributed by atoms with Gasteiger partial charge in [-0.05, 0) is 110 Å². The first-order chi connectivity index (χ1) is 51.3. The normalized spacial score (nSPS) is 21.9. The summed E-state index contributed by atoms with van der Waals surface area (Å²) in [4.78, 5) is 79.5. The summed E-state index contributed by atoms with van der Waals surface area (Å²) in [5.74, 6) is -9.30. The zero-order chi connectivity index (χ0) is 79.4. The number of alkyl halides is 10. The highest BCUT2D eigenvalue weighted by atomic mass is 35.5. The van der Waals surface area contributed by atoms with E-state index in [0.29, 0.717) is 25.7 Å². The van der Waals surface area contributed by atoms with Gasteiger partial charge in [0.2, 0.25) is 11.8 Å². The van der Waals surface area contributed by atoms with E-state index in [0.717, 1.165) is 11.0 Å². The van der Waals surface area contributed by atoms with Crippen LogP contribution in [-0.4, -0.2) is 148 Å². The van der Waals surface area contributed by atoms with Crippen molar-refractivity contribution in [1.82, 2.24) is 10.6 Å². The summed E-state index contributed by atoms with van der Waals surface area (Å²) in [5, 5.41) is -7.42. The minimum atomic E-state index is -6.78. The van der Waals surface area contributed by atoms with Crippen LogP contribution < -0.4 is 23.0 Å². The molecule has 0 spiro atoms. The first-order valence-electron chi connectivity index (χ1n) is 34.0. The molecule has 592 valence electrons. The highest BCUT2D eigenvalue weighted by Gasteiger charge is 2.67. The summed E-state index contributed by atoms with van der Waals surface area (Å²) < 4.78 is 210. The van der Waals surface area contributed by atoms with Crippen molar-refractivity contribution in [2.45, 2.75) is 122 Å². The number of carbonyl (C=O) groups excluding carboxylic acids is 6. The fourth-order valence-electron chi connectivity index (χ4n) is 14.1. The average molecular weight is 1640 g/mol. The van der Waals surface area contributed by atoms with Crippen LogP contribution in [0.25, 0.3) is 0 Å². The predicted molar refractivity (Wildman–Crippen MR) is 374 cm³/mol. The van der Waals surface area contributed by atoms with E-state index in [9.17, 15) is 98.6 Å². The van der Waals surface area contributed by atoms with Gasteiger partial charge in [0, 0.05) is 30.5 Å². The molecular formula is C76H76ClF10N3O16S4. The lowest BCUT2D eigenvalue weighted by Gasteiger charge is -2.29. The molecule has 110 heavy (non-hydrogen) atoms. The molecule has 2 aliphatic heterocycles. The quantitative estimate of drug-likeness (QED) is 0.0160. The maximum absolute atomic E-state index is 13.3. The average Bonchev–Trinajstić information content (AvgIpc) is 1.57. The van der Waals surface area contributed by atoms with Crippen LogP contribution in [0, 0.1) is 47.3 Å². The molecule has 6 aliphatic rings. The molecule has 12 unspecified atom stereocenters. The highest BCUT2D eigenvalue weighted by molar-refractivity contribution is 7.97. The molecule has 0 aromatic heterocycles. The van der Waals surface area contributed by atoms with Crippen LogP contribution >= 0.6 is 0 Å². The van der Waals surface area contributed by atoms with E-state index in [1.165, 1.54) is 34.9 Å². The van der Waals surface area contributed by atoms with Gasteiger partial charge in [-0.15, -0.1) is 0 Å². The lowest BCUT2D eigenvalue weighted by molar-refractivity contribution is -0.884. The number of nitrogens with one attached hydrogen (secondary N) is 2. The van der Waals surface area contributed by atoms with E-state index in [1.807, 2.05) is 0 Å². The summed E-state index contributed by atoms with van der Waals surface area (Å²) in [5.41, 5.74) is 1.40. The molecule has 2 amide bonds. The molecule has 6 fully saturated rings. The fourth-order valence-corrected chi connectivity index (χ4v) is 19.2. The van der Waals surface area contributed by atoms with Crippen LogP contribution in [0.4, 0.5) is 43.9 Å². The number of fused-ring (bicyclic) bond motifs is 2. The largest absolute Gasteiger partial charge is 1.00 e. The number of ether oxygens (including phenoxy) is 4. The number of carbonyl (C=O) groups is 6. The second-order valence-corrected chi connectivity index (χ2v) is 34.2. The van der Waals surface area contributed by atoms with Crippen LogP contribution in [0.2, 0.25) is 0 Å². The molecule has 2 saturated heterocycles. The Bertz CT molecular complexity index is 4030. The van der Waals surface area contributed by atoms with E-state index in [1.54, 1.807) is 0 Å². The molecule has 34 heteroatoms. The van der Waals surface area contributed by atoms with Gasteiger partial charge in [0.25, 0.3) is 12.2 Å². The maximum atomic E-state index is 13.3. The van der Waals surface area contributed by atoms with Crippen molar-refractivity contribution in [3.63, 3.8) is 0 Å². The van der Waals surface area contributed by atoms with Crippen LogP contribution in [-0.2, 0) is 96.3 Å². The van der Waals surface area contributed by atoms with Crippen molar-refractivity contribution in [2.75, 3.05) is 34.2 Å². The summed E-state index contributed by atoms with van der Waals surface area (Å²) in [6, 6.07) is 74.9. The Morgan fingerprint density at radius 3 is 0.945 bits per heavy atom. The molecule has 19 nitrogen and oxygen atoms in total. The van der Waals surface area contributed by atoms with E-state index >= 15 is 0 Å². The number of esters is 4. The molecule has 7 aromatic carbocycles. The van der Waals surface area contributed by atoms with Gasteiger partial charge in [0.15, 0.2) is 49.6 Å². The molecule has 13 rings (SSSR count). The van der Waals surface area contributed by atoms with Crippen molar-refractivity contribution in [1.29, 1.82) is 0 Å². The minimum absolute atomic E-state index is 0. The summed E-state index contributed by atoms with van der Waals surface area (Å²) in [7, 11) is -6.99. The van der Waals surface area contributed by atoms with Crippen LogP contribution in [0.1, 0.15) is 44.1 Å². The number of hydrogen-bond acceptors (Lipinski definition) is 16. The SMILES string of the molecule is C[N+](C)(C)Cc1ccccc1.O=C(CCNC(=O)C1C2CC3OC(=O)C1C3C2)OC(C(F)(F)F)C(F)(F)S(=O)(=O)[O-].O=C(CCNC(=O)C1C2CC3OC(=O)C1C3C2)OC(C(F)(F)F)C(F)(F)S(=O)(=O)[O-].[Cl-].c1ccc([S+](c2ccccc2)c2ccccc2)cc1.c1ccc([S+](c2ccccc2)c2ccccc2)cc1. The number of quaternary nitrogens is 1. The lowest BCUT2D eigenvalue weighted by atomic mass is 9.79. The summed E-state index contributed by atoms with van der Waals surface area (Å²) in [6.45, 7) is -0.130. The number of hydrogen-bond donors (Lipinski definition) is 2. The molecule has 0 radical (unpaired) electrons. The lowest BCUT2D eigenvalue weighted by Crippen LogP contribution is -3.00. The molecule has 2 N–H and O–H groups in total. The van der Waals surface area contributed by atoms with Gasteiger partial charge in [-0.2, -0.15) is 43.9 Å². The van der Waals surface area contributed by atoms with Gasteiger partial charge < -0.3 is 55.6 Å². The molecule has 7 aromatic rings. The van der Waals surface area contributed by atoms with Crippen molar-refractivity contribution in [2.24, 2.45) is 47.3 Å². The van der Waals surface area contributed by atoms with Crippen molar-refractivity contribution < 1.29 is 134 Å². The van der Waals surface area contributed by atoms with Crippen LogP contribution in [0.3, 0.4) is 0 Å². The Labute approximate surface area is 640 Å². The smallest absolute Gasteiger partial charge is 0.432 e. The Balaban J connectivity index is 0.000000178. The standard InChI is InChI=1S/2C18H15S.2C15H16F5NO8S.C10H16N.ClH/c2*1-4-10-16(11-5-1)19(17-12-6-2-7-13-17)18-14-8-3-9-15-18;2*16-14(17,18)13(15(19,20)30(25,26)27)29-8(22)1-2-21-11(23)9-5-3-6-7(4-5)28-12(24)10(6)9;1-11(2,3)9-10-7-5-4-6-8-10;/h2*1-15H;2*5-7,9-10,13H,1-4H2,(H,21,23)(H,25,26,27);4-8H,9H2,1-3H3;1H/q2*+1;;;+1;/p-3. The molecule has 12 atom stereocenters. The third kappa shape index (κ3) is 21.8. The number of nitrogens with zero attached hydrogens (tertiary/aromatic N) is 1. The van der Waals surface area contributed by atoms with Crippen molar-refractivity contribution in [3.8, 4) is 0 Å². The third-order valence-corrected chi connectivity index (χ3v) is 24.8. The summed E-state index contributed by atoms with van der Waals surface area (Å²) >= 11 is 0. The number of amides is 2. The second kappa shape index (κ2) is 36.7. The minimum Gasteiger partial charge on any atom is -1.00 e. The maximum Gasteiger partial charge on any atom is 0.432 e. The Hall–Kier alpha value is -8.57. The van der Waals surface area contributed by atoms with E-state index in [-0.39, 0.29) is 70.1 Å².